The van der Waals surface area contributed by atoms with E-state index in [1.54, 1.807) is 0 Å². The number of carbonyl (C=O) groups is 1. The molecule has 160 valence electrons. The molecule has 0 atom stereocenters. The number of rotatable bonds is 8. The molecule has 0 aliphatic heterocycles. The lowest BCUT2D eigenvalue weighted by molar-refractivity contribution is -0.436. The Labute approximate surface area is 141 Å². The van der Waals surface area contributed by atoms with Crippen LogP contribution in [0.4, 0.5) is 57.1 Å². The molecular weight excluding hydrogens is 423 g/mol. The molecule has 0 aliphatic rings. The van der Waals surface area contributed by atoms with Crippen molar-refractivity contribution in [1.82, 2.24) is 0 Å². The van der Waals surface area contributed by atoms with Crippen molar-refractivity contribution in [2.24, 2.45) is 0 Å². The Bertz CT molecular complexity index is 576. The molecule has 0 aromatic rings. The van der Waals surface area contributed by atoms with E-state index in [1.807, 2.05) is 6.58 Å². The zero-order valence-electron chi connectivity index (χ0n) is 12.9. The van der Waals surface area contributed by atoms with Gasteiger partial charge in [-0.1, -0.05) is 13.5 Å². The van der Waals surface area contributed by atoms with E-state index >= 15 is 0 Å². The molecule has 0 spiro atoms. The third-order valence-electron chi connectivity index (χ3n) is 3.00. The number of ether oxygens (including phenoxy) is 1. The van der Waals surface area contributed by atoms with Gasteiger partial charge >= 0.3 is 41.8 Å². The van der Waals surface area contributed by atoms with Gasteiger partial charge in [-0.3, -0.25) is 0 Å². The molecular formula is C12H9F13O2. The first-order chi connectivity index (χ1) is 11.6. The van der Waals surface area contributed by atoms with E-state index in [2.05, 4.69) is 4.74 Å². The molecule has 0 N–H and O–H groups in total. The average molecular weight is 432 g/mol. The van der Waals surface area contributed by atoms with E-state index in [4.69, 9.17) is 0 Å². The van der Waals surface area contributed by atoms with Gasteiger partial charge < -0.3 is 4.74 Å². The first-order valence-electron chi connectivity index (χ1n) is 6.46. The van der Waals surface area contributed by atoms with E-state index in [1.165, 1.54) is 6.92 Å². The van der Waals surface area contributed by atoms with E-state index in [0.717, 1.165) is 0 Å². The molecule has 0 unspecified atom stereocenters. The molecule has 0 saturated heterocycles. The molecule has 0 amide bonds. The minimum atomic E-state index is -8.03. The molecule has 0 aromatic carbocycles. The van der Waals surface area contributed by atoms with Crippen LogP contribution in [0.3, 0.4) is 0 Å². The Kier molecular flexibility index (Phi) is 6.59. The topological polar surface area (TPSA) is 26.3 Å². The summed E-state index contributed by atoms with van der Waals surface area (Å²) in [7, 11) is 0. The monoisotopic (exact) mass is 432 g/mol. The predicted molar refractivity (Wildman–Crippen MR) is 61.2 cm³/mol. The summed E-state index contributed by atoms with van der Waals surface area (Å²) in [5.74, 6) is -40.6. The predicted octanol–water partition coefficient (Wildman–Crippen LogP) is 5.23. The Hall–Kier alpha value is -1.70. The van der Waals surface area contributed by atoms with Gasteiger partial charge in [0.25, 0.3) is 0 Å². The fourth-order valence-corrected chi connectivity index (χ4v) is 1.37. The van der Waals surface area contributed by atoms with E-state index < -0.39 is 53.9 Å². The number of hydrogen-bond acceptors (Lipinski definition) is 2. The Morgan fingerprint density at radius 1 is 0.741 bits per heavy atom. The normalized spacial score (nSPS) is 14.9. The van der Waals surface area contributed by atoms with Gasteiger partial charge in [-0.25, -0.2) is 4.79 Å². The zero-order valence-corrected chi connectivity index (χ0v) is 12.9. The smallest absolute Gasteiger partial charge is 0.460 e. The van der Waals surface area contributed by atoms with Crippen LogP contribution in [-0.2, 0) is 9.53 Å². The van der Waals surface area contributed by atoms with Crippen LogP contribution in [0.2, 0.25) is 0 Å². The molecule has 0 saturated carbocycles. The highest BCUT2D eigenvalue weighted by atomic mass is 19.4. The fourth-order valence-electron chi connectivity index (χ4n) is 1.37. The first kappa shape index (κ1) is 25.3. The van der Waals surface area contributed by atoms with Crippen LogP contribution in [0.1, 0.15) is 13.3 Å². The van der Waals surface area contributed by atoms with Crippen LogP contribution in [0.5, 0.6) is 0 Å². The third-order valence-corrected chi connectivity index (χ3v) is 3.00. The number of halogens is 13. The lowest BCUT2D eigenvalue weighted by Gasteiger charge is -2.39. The summed E-state index contributed by atoms with van der Waals surface area (Å²) in [6.45, 7) is 2.48. The highest BCUT2D eigenvalue weighted by Crippen LogP contribution is 2.61. The fraction of sp³-hybridized carbons (Fsp3) is 0.750. The molecule has 0 aromatic heterocycles. The minimum Gasteiger partial charge on any atom is -0.462 e. The summed E-state index contributed by atoms with van der Waals surface area (Å²) in [6.07, 6.45) is -7.60. The van der Waals surface area contributed by atoms with Crippen LogP contribution < -0.4 is 0 Å². The van der Waals surface area contributed by atoms with Crippen molar-refractivity contribution in [3.05, 3.63) is 12.2 Å². The van der Waals surface area contributed by atoms with Gasteiger partial charge in [0.2, 0.25) is 0 Å². The second kappa shape index (κ2) is 7.04. The van der Waals surface area contributed by atoms with Gasteiger partial charge in [-0.2, -0.15) is 57.1 Å². The Balaban J connectivity index is 6.23. The van der Waals surface area contributed by atoms with Crippen LogP contribution >= 0.6 is 0 Å². The maximum absolute atomic E-state index is 13.5. The lowest BCUT2D eigenvalue weighted by atomic mass is 9.91. The van der Waals surface area contributed by atoms with E-state index in [-0.39, 0.29) is 6.42 Å². The zero-order chi connectivity index (χ0) is 22.3. The number of hydrogen-bond donors (Lipinski definition) is 0. The SMILES string of the molecule is C=C(C(=O)OCCC)C(F)(F)C(F)(F)C(F)(F)C(F)(F)C(F)(F)C(F)(F)F. The standard InChI is InChI=1S/C12H9F13O2/c1-3-4-27-6(26)5(2)7(13,14)8(15,16)9(17,18)10(19,20)11(21,22)12(23,24)25/h2-4H2,1H3. The van der Waals surface area contributed by atoms with E-state index in [0.29, 0.717) is 0 Å². The summed E-state index contributed by atoms with van der Waals surface area (Å²) in [5.41, 5.74) is -2.85. The van der Waals surface area contributed by atoms with Crippen molar-refractivity contribution in [1.29, 1.82) is 0 Å². The quantitative estimate of drug-likeness (QED) is 0.298. The van der Waals surface area contributed by atoms with Crippen LogP contribution in [-0.4, -0.2) is 48.4 Å². The molecule has 15 heteroatoms. The van der Waals surface area contributed by atoms with Gasteiger partial charge in [-0.15, -0.1) is 0 Å². The van der Waals surface area contributed by atoms with Crippen LogP contribution in [0.25, 0.3) is 0 Å². The lowest BCUT2D eigenvalue weighted by Crippen LogP contribution is -2.70. The maximum Gasteiger partial charge on any atom is 0.460 e. The summed E-state index contributed by atoms with van der Waals surface area (Å²) >= 11 is 0. The molecule has 2 nitrogen and oxygen atoms in total. The van der Waals surface area contributed by atoms with Crippen molar-refractivity contribution in [3.8, 4) is 0 Å². The van der Waals surface area contributed by atoms with Gasteiger partial charge in [-0.05, 0) is 6.42 Å². The Morgan fingerprint density at radius 3 is 1.44 bits per heavy atom. The van der Waals surface area contributed by atoms with E-state index in [9.17, 15) is 61.9 Å². The molecule has 0 fully saturated rings. The minimum absolute atomic E-state index is 0.104. The van der Waals surface area contributed by atoms with Crippen molar-refractivity contribution in [3.63, 3.8) is 0 Å². The second-order valence-corrected chi connectivity index (χ2v) is 4.98. The van der Waals surface area contributed by atoms with Crippen molar-refractivity contribution >= 4 is 5.97 Å². The number of alkyl halides is 13. The average Bonchev–Trinajstić information content (AvgIpc) is 2.49. The molecule has 0 bridgehead atoms. The summed E-state index contributed by atoms with van der Waals surface area (Å²) in [6, 6.07) is 0. The van der Waals surface area contributed by atoms with Gasteiger partial charge in [0.1, 0.15) is 5.57 Å². The summed E-state index contributed by atoms with van der Waals surface area (Å²) in [5, 5.41) is 0. The first-order valence-corrected chi connectivity index (χ1v) is 6.46. The highest BCUT2D eigenvalue weighted by Gasteiger charge is 2.91. The summed E-state index contributed by atoms with van der Waals surface area (Å²) < 4.78 is 171. The van der Waals surface area contributed by atoms with Crippen molar-refractivity contribution in [2.75, 3.05) is 6.61 Å². The molecule has 0 rings (SSSR count). The van der Waals surface area contributed by atoms with Gasteiger partial charge in [0.05, 0.1) is 6.61 Å². The second-order valence-electron chi connectivity index (χ2n) is 4.98. The van der Waals surface area contributed by atoms with Crippen LogP contribution in [0.15, 0.2) is 12.2 Å². The van der Waals surface area contributed by atoms with Crippen LogP contribution in [0, 0.1) is 0 Å². The molecule has 0 radical (unpaired) electrons. The molecule has 0 heterocycles. The van der Waals surface area contributed by atoms with Gasteiger partial charge in [0, 0.05) is 0 Å². The highest BCUT2D eigenvalue weighted by molar-refractivity contribution is 5.90. The Morgan fingerprint density at radius 2 is 1.11 bits per heavy atom. The maximum atomic E-state index is 13.5. The number of carbonyl (C=O) groups excluding carboxylic acids is 1. The molecule has 0 aliphatic carbocycles. The largest absolute Gasteiger partial charge is 0.462 e. The molecule has 27 heavy (non-hydrogen) atoms. The third kappa shape index (κ3) is 3.68. The van der Waals surface area contributed by atoms with Crippen molar-refractivity contribution < 1.29 is 66.6 Å². The van der Waals surface area contributed by atoms with Gasteiger partial charge in [0.15, 0.2) is 0 Å². The summed E-state index contributed by atoms with van der Waals surface area (Å²) in [4.78, 5) is 11.0. The van der Waals surface area contributed by atoms with Crippen molar-refractivity contribution in [2.45, 2.75) is 49.1 Å². The number of esters is 1.